The summed E-state index contributed by atoms with van der Waals surface area (Å²) in [7, 11) is 0. The fourth-order valence-electron chi connectivity index (χ4n) is 2.59. The number of thiazole rings is 1. The zero-order valence-corrected chi connectivity index (χ0v) is 13.1. The minimum Gasteiger partial charge on any atom is -0.365 e. The molecule has 21 heavy (non-hydrogen) atoms. The third kappa shape index (κ3) is 2.71. The molecule has 5 nitrogen and oxygen atoms in total. The van der Waals surface area contributed by atoms with Gasteiger partial charge in [-0.1, -0.05) is 6.92 Å². The third-order valence-corrected chi connectivity index (χ3v) is 5.41. The number of anilines is 1. The van der Waals surface area contributed by atoms with Crippen molar-refractivity contribution in [2.75, 3.05) is 5.32 Å². The Morgan fingerprint density at radius 1 is 1.48 bits per heavy atom. The maximum Gasteiger partial charge on any atom is 0.275 e. The SMILES string of the molecule is CC1CCc2c(sc(NC(=O)c3cscn3)c2C(N)=O)C1. The molecule has 110 valence electrons. The van der Waals surface area contributed by atoms with E-state index in [0.29, 0.717) is 22.2 Å². The second-order valence-electron chi connectivity index (χ2n) is 5.25. The molecule has 0 aliphatic heterocycles. The van der Waals surface area contributed by atoms with Gasteiger partial charge in [0.25, 0.3) is 11.8 Å². The van der Waals surface area contributed by atoms with Crippen LogP contribution in [-0.2, 0) is 12.8 Å². The monoisotopic (exact) mass is 321 g/mol. The van der Waals surface area contributed by atoms with Gasteiger partial charge in [-0.05, 0) is 30.7 Å². The topological polar surface area (TPSA) is 85.1 Å². The molecular weight excluding hydrogens is 306 g/mol. The fraction of sp³-hybridized carbons (Fsp3) is 0.357. The number of carbonyl (C=O) groups excluding carboxylic acids is 2. The van der Waals surface area contributed by atoms with Gasteiger partial charge in [0.1, 0.15) is 10.7 Å². The summed E-state index contributed by atoms with van der Waals surface area (Å²) >= 11 is 2.82. The van der Waals surface area contributed by atoms with Crippen LogP contribution in [0.15, 0.2) is 10.9 Å². The number of carbonyl (C=O) groups is 2. The zero-order valence-electron chi connectivity index (χ0n) is 11.5. The summed E-state index contributed by atoms with van der Waals surface area (Å²) in [5, 5.41) is 5.02. The van der Waals surface area contributed by atoms with Crippen LogP contribution in [0.2, 0.25) is 0 Å². The first kappa shape index (κ1) is 14.2. The third-order valence-electron chi connectivity index (χ3n) is 3.65. The summed E-state index contributed by atoms with van der Waals surface area (Å²) in [6.45, 7) is 2.19. The summed E-state index contributed by atoms with van der Waals surface area (Å²) < 4.78 is 0. The van der Waals surface area contributed by atoms with Crippen molar-refractivity contribution >= 4 is 39.5 Å². The highest BCUT2D eigenvalue weighted by molar-refractivity contribution is 7.17. The van der Waals surface area contributed by atoms with Crippen LogP contribution < -0.4 is 11.1 Å². The van der Waals surface area contributed by atoms with Crippen molar-refractivity contribution in [3.05, 3.63) is 32.6 Å². The Morgan fingerprint density at radius 3 is 2.95 bits per heavy atom. The Morgan fingerprint density at radius 2 is 2.29 bits per heavy atom. The molecule has 3 rings (SSSR count). The minimum absolute atomic E-state index is 0.301. The lowest BCUT2D eigenvalue weighted by atomic mass is 9.88. The molecule has 0 saturated carbocycles. The van der Waals surface area contributed by atoms with Crippen LogP contribution in [0, 0.1) is 5.92 Å². The van der Waals surface area contributed by atoms with Crippen molar-refractivity contribution in [3.8, 4) is 0 Å². The van der Waals surface area contributed by atoms with Crippen LogP contribution >= 0.6 is 22.7 Å². The number of aromatic nitrogens is 1. The molecule has 0 fully saturated rings. The number of rotatable bonds is 3. The molecule has 3 N–H and O–H groups in total. The molecule has 0 bridgehead atoms. The van der Waals surface area contributed by atoms with E-state index in [9.17, 15) is 9.59 Å². The van der Waals surface area contributed by atoms with Gasteiger partial charge < -0.3 is 11.1 Å². The fourth-order valence-corrected chi connectivity index (χ4v) is 4.53. The number of amides is 2. The van der Waals surface area contributed by atoms with Gasteiger partial charge in [-0.15, -0.1) is 22.7 Å². The van der Waals surface area contributed by atoms with Crippen molar-refractivity contribution in [1.29, 1.82) is 0 Å². The summed E-state index contributed by atoms with van der Waals surface area (Å²) in [5.74, 6) is -0.181. The number of fused-ring (bicyclic) bond motifs is 1. The quantitative estimate of drug-likeness (QED) is 0.911. The van der Waals surface area contributed by atoms with Crippen molar-refractivity contribution in [3.63, 3.8) is 0 Å². The van der Waals surface area contributed by atoms with Gasteiger partial charge in [-0.2, -0.15) is 0 Å². The van der Waals surface area contributed by atoms with E-state index in [0.717, 1.165) is 29.7 Å². The van der Waals surface area contributed by atoms with E-state index in [4.69, 9.17) is 5.73 Å². The number of nitrogens with two attached hydrogens (primary N) is 1. The van der Waals surface area contributed by atoms with Crippen molar-refractivity contribution in [2.24, 2.45) is 11.7 Å². The standard InChI is InChI=1S/C14H15N3O2S2/c1-7-2-3-8-10(4-7)21-14(11(8)12(15)18)17-13(19)9-5-20-6-16-9/h5-7H,2-4H2,1H3,(H2,15,18)(H,17,19). The maximum atomic E-state index is 12.1. The number of hydrogen-bond donors (Lipinski definition) is 2. The maximum absolute atomic E-state index is 12.1. The molecule has 7 heteroatoms. The highest BCUT2D eigenvalue weighted by atomic mass is 32.1. The highest BCUT2D eigenvalue weighted by Gasteiger charge is 2.27. The molecule has 2 aromatic heterocycles. The summed E-state index contributed by atoms with van der Waals surface area (Å²) in [5.41, 5.74) is 8.96. The van der Waals surface area contributed by atoms with E-state index in [1.165, 1.54) is 22.7 Å². The van der Waals surface area contributed by atoms with Gasteiger partial charge >= 0.3 is 0 Å². The minimum atomic E-state index is -0.476. The molecular formula is C14H15N3O2S2. The summed E-state index contributed by atoms with van der Waals surface area (Å²) in [6.07, 6.45) is 2.83. The predicted octanol–water partition coefficient (Wildman–Crippen LogP) is 2.68. The van der Waals surface area contributed by atoms with E-state index >= 15 is 0 Å². The molecule has 0 saturated heterocycles. The number of primary amides is 1. The first-order valence-corrected chi connectivity index (χ1v) is 8.46. The predicted molar refractivity (Wildman–Crippen MR) is 84.1 cm³/mol. The molecule has 2 heterocycles. The van der Waals surface area contributed by atoms with Crippen LogP contribution in [0.1, 0.15) is 44.6 Å². The molecule has 1 aliphatic rings. The van der Waals surface area contributed by atoms with Gasteiger partial charge in [-0.25, -0.2) is 4.98 Å². The lowest BCUT2D eigenvalue weighted by Gasteiger charge is -2.18. The molecule has 2 aromatic rings. The molecule has 0 spiro atoms. The molecule has 2 amide bonds. The highest BCUT2D eigenvalue weighted by Crippen LogP contribution is 2.39. The van der Waals surface area contributed by atoms with E-state index in [1.807, 2.05) is 0 Å². The van der Waals surface area contributed by atoms with Gasteiger partial charge in [0, 0.05) is 10.3 Å². The van der Waals surface area contributed by atoms with Gasteiger partial charge in [-0.3, -0.25) is 9.59 Å². The molecule has 1 atom stereocenters. The van der Waals surface area contributed by atoms with Crippen LogP contribution in [-0.4, -0.2) is 16.8 Å². The average Bonchev–Trinajstić information content (AvgIpc) is 3.04. The number of nitrogens with zero attached hydrogens (tertiary/aromatic N) is 1. The lowest BCUT2D eigenvalue weighted by Crippen LogP contribution is -2.19. The second kappa shape index (κ2) is 5.57. The Balaban J connectivity index is 1.95. The van der Waals surface area contributed by atoms with Gasteiger partial charge in [0.05, 0.1) is 11.1 Å². The number of nitrogens with one attached hydrogen (secondary N) is 1. The summed E-state index contributed by atoms with van der Waals surface area (Å²) in [4.78, 5) is 29.0. The Hall–Kier alpha value is -1.73. The lowest BCUT2D eigenvalue weighted by molar-refractivity contribution is 0.1000. The Labute approximate surface area is 130 Å². The van der Waals surface area contributed by atoms with Crippen molar-refractivity contribution < 1.29 is 9.59 Å². The second-order valence-corrected chi connectivity index (χ2v) is 7.07. The average molecular weight is 321 g/mol. The molecule has 0 radical (unpaired) electrons. The summed E-state index contributed by atoms with van der Waals surface area (Å²) in [6, 6.07) is 0. The zero-order chi connectivity index (χ0) is 15.0. The number of thiophene rings is 1. The number of hydrogen-bond acceptors (Lipinski definition) is 5. The first-order chi connectivity index (χ1) is 10.1. The smallest absolute Gasteiger partial charge is 0.275 e. The molecule has 1 aliphatic carbocycles. The van der Waals surface area contributed by atoms with Gasteiger partial charge in [0.15, 0.2) is 0 Å². The Kier molecular flexibility index (Phi) is 3.77. The van der Waals surface area contributed by atoms with Crippen LogP contribution in [0.4, 0.5) is 5.00 Å². The van der Waals surface area contributed by atoms with Crippen LogP contribution in [0.3, 0.4) is 0 Å². The van der Waals surface area contributed by atoms with Crippen LogP contribution in [0.5, 0.6) is 0 Å². The van der Waals surface area contributed by atoms with Crippen molar-refractivity contribution in [2.45, 2.75) is 26.2 Å². The van der Waals surface area contributed by atoms with Gasteiger partial charge in [0.2, 0.25) is 0 Å². The van der Waals surface area contributed by atoms with E-state index in [1.54, 1.807) is 10.9 Å². The molecule has 1 unspecified atom stereocenters. The normalized spacial score (nSPS) is 17.3. The van der Waals surface area contributed by atoms with E-state index in [2.05, 4.69) is 17.2 Å². The van der Waals surface area contributed by atoms with Crippen LogP contribution in [0.25, 0.3) is 0 Å². The Bertz CT molecular complexity index is 691. The largest absolute Gasteiger partial charge is 0.365 e. The molecule has 0 aromatic carbocycles. The van der Waals surface area contributed by atoms with Crippen molar-refractivity contribution in [1.82, 2.24) is 4.98 Å². The van der Waals surface area contributed by atoms with E-state index in [-0.39, 0.29) is 5.91 Å². The first-order valence-electron chi connectivity index (χ1n) is 6.70. The van der Waals surface area contributed by atoms with E-state index < -0.39 is 5.91 Å².